The first-order chi connectivity index (χ1) is 14.5. The van der Waals surface area contributed by atoms with Crippen LogP contribution in [0.3, 0.4) is 0 Å². The molecule has 9 nitrogen and oxygen atoms in total. The molecule has 1 aromatic carbocycles. The summed E-state index contributed by atoms with van der Waals surface area (Å²) in [7, 11) is 5.13. The molecule has 1 aromatic rings. The van der Waals surface area contributed by atoms with Crippen LogP contribution < -0.4 is 15.4 Å². The van der Waals surface area contributed by atoms with Crippen molar-refractivity contribution in [3.8, 4) is 5.75 Å². The number of nitrogens with zero attached hydrogens (tertiary/aromatic N) is 1. The van der Waals surface area contributed by atoms with Crippen LogP contribution in [0.1, 0.15) is 28.8 Å². The number of aliphatic hydroxyl groups excluding tert-OH is 2. The number of hydrogen-bond donors (Lipinski definition) is 4. The van der Waals surface area contributed by atoms with Gasteiger partial charge in [0.2, 0.25) is 5.78 Å². The fourth-order valence-electron chi connectivity index (χ4n) is 5.18. The van der Waals surface area contributed by atoms with Gasteiger partial charge in [-0.05, 0) is 36.5 Å². The van der Waals surface area contributed by atoms with Crippen LogP contribution in [0.4, 0.5) is 5.69 Å². The van der Waals surface area contributed by atoms with Gasteiger partial charge in [-0.2, -0.15) is 0 Å². The molecule has 3 atom stereocenters. The van der Waals surface area contributed by atoms with Crippen LogP contribution in [0.15, 0.2) is 34.8 Å². The molecule has 31 heavy (non-hydrogen) atoms. The van der Waals surface area contributed by atoms with Crippen LogP contribution in [0.5, 0.6) is 5.75 Å². The van der Waals surface area contributed by atoms with E-state index in [1.54, 1.807) is 6.07 Å². The van der Waals surface area contributed by atoms with E-state index in [-0.39, 0.29) is 24.0 Å². The van der Waals surface area contributed by atoms with Gasteiger partial charge in [-0.15, -0.1) is 0 Å². The second-order valence-corrected chi connectivity index (χ2v) is 8.45. The predicted octanol–water partition coefficient (Wildman–Crippen LogP) is 0.949. The highest BCUT2D eigenvalue weighted by Gasteiger charge is 2.59. The van der Waals surface area contributed by atoms with Crippen LogP contribution >= 0.6 is 0 Å². The Labute approximate surface area is 178 Å². The molecule has 4 rings (SSSR count). The van der Waals surface area contributed by atoms with Crippen molar-refractivity contribution < 1.29 is 34.4 Å². The van der Waals surface area contributed by atoms with Crippen LogP contribution in [0, 0.1) is 11.8 Å². The number of nitrogens with two attached hydrogens (primary N) is 1. The number of hydrogen-bond acceptors (Lipinski definition) is 8. The Morgan fingerprint density at radius 2 is 1.90 bits per heavy atom. The van der Waals surface area contributed by atoms with Crippen LogP contribution in [-0.2, 0) is 16.0 Å². The minimum atomic E-state index is -2.50. The highest BCUT2D eigenvalue weighted by Crippen LogP contribution is 2.52. The minimum absolute atomic E-state index is 0.0704. The number of benzene rings is 1. The van der Waals surface area contributed by atoms with E-state index >= 15 is 0 Å². The van der Waals surface area contributed by atoms with Gasteiger partial charge in [0.05, 0.1) is 12.7 Å². The summed E-state index contributed by atoms with van der Waals surface area (Å²) in [5.74, 6) is -5.28. The molecule has 0 fully saturated rings. The number of carbonyl (C=O) groups excluding carboxylic acids is 3. The maximum absolute atomic E-state index is 13.5. The lowest BCUT2D eigenvalue weighted by atomic mass is 9.60. The number of rotatable bonds is 3. The van der Waals surface area contributed by atoms with Gasteiger partial charge in [-0.25, -0.2) is 0 Å². The van der Waals surface area contributed by atoms with E-state index in [4.69, 9.17) is 10.5 Å². The van der Waals surface area contributed by atoms with Crippen molar-refractivity contribution in [3.05, 3.63) is 45.9 Å². The Hall–Kier alpha value is -3.33. The zero-order valence-corrected chi connectivity index (χ0v) is 17.4. The quantitative estimate of drug-likeness (QED) is 0.520. The van der Waals surface area contributed by atoms with Crippen molar-refractivity contribution in [2.24, 2.45) is 17.6 Å². The summed E-state index contributed by atoms with van der Waals surface area (Å²) in [5.41, 5.74) is 3.73. The molecular weight excluding hydrogens is 404 g/mol. The third-order valence-electron chi connectivity index (χ3n) is 6.61. The molecule has 0 aliphatic heterocycles. The molecule has 3 unspecified atom stereocenters. The lowest BCUT2D eigenvalue weighted by Crippen LogP contribution is -2.57. The topological polar surface area (TPSA) is 150 Å². The zero-order chi connectivity index (χ0) is 22.8. The van der Waals surface area contributed by atoms with Crippen molar-refractivity contribution in [2.75, 3.05) is 26.1 Å². The Morgan fingerprint density at radius 3 is 2.48 bits per heavy atom. The summed E-state index contributed by atoms with van der Waals surface area (Å²) >= 11 is 0. The van der Waals surface area contributed by atoms with E-state index in [2.05, 4.69) is 0 Å². The lowest BCUT2D eigenvalue weighted by Gasteiger charge is -2.45. The predicted molar refractivity (Wildman–Crippen MR) is 110 cm³/mol. The number of ketones is 2. The standard InChI is InChI=1S/C22H24N2O7/c1-24(2)12-4-5-14(31-3)16-11(12)7-9-6-10-8-13(25)17(21(23)29)20(28)22(10,30)19(27)15(9)18(16)26/h4-5,9-10,25,27,30H,6-8H2,1-3H3,(H2,23,29). The Morgan fingerprint density at radius 1 is 1.23 bits per heavy atom. The highest BCUT2D eigenvalue weighted by molar-refractivity contribution is 6.24. The second-order valence-electron chi connectivity index (χ2n) is 8.45. The number of ether oxygens (including phenoxy) is 1. The molecule has 164 valence electrons. The number of fused-ring (bicyclic) bond motifs is 3. The minimum Gasteiger partial charge on any atom is -0.511 e. The van der Waals surface area contributed by atoms with Crippen molar-refractivity contribution >= 4 is 23.2 Å². The Balaban J connectivity index is 1.93. The molecular formula is C22H24N2O7. The summed E-state index contributed by atoms with van der Waals surface area (Å²) in [5, 5.41) is 32.5. The maximum Gasteiger partial charge on any atom is 0.255 e. The molecule has 3 aliphatic carbocycles. The van der Waals surface area contributed by atoms with Gasteiger partial charge in [0.15, 0.2) is 11.4 Å². The lowest BCUT2D eigenvalue weighted by molar-refractivity contribution is -0.144. The summed E-state index contributed by atoms with van der Waals surface area (Å²) in [6.45, 7) is 0. The Kier molecular flexibility index (Phi) is 4.62. The monoisotopic (exact) mass is 428 g/mol. The number of primary amides is 1. The molecule has 5 N–H and O–H groups in total. The van der Waals surface area contributed by atoms with E-state index in [1.165, 1.54) is 7.11 Å². The fourth-order valence-corrected chi connectivity index (χ4v) is 5.18. The van der Waals surface area contributed by atoms with Gasteiger partial charge in [-0.1, -0.05) is 0 Å². The first-order valence-corrected chi connectivity index (χ1v) is 9.88. The first-order valence-electron chi connectivity index (χ1n) is 9.88. The smallest absolute Gasteiger partial charge is 0.255 e. The number of carbonyl (C=O) groups is 3. The Bertz CT molecular complexity index is 1100. The summed E-state index contributed by atoms with van der Waals surface area (Å²) in [6.07, 6.45) is 0.320. The van der Waals surface area contributed by atoms with Gasteiger partial charge in [0.25, 0.3) is 5.91 Å². The van der Waals surface area contributed by atoms with Crippen molar-refractivity contribution in [3.63, 3.8) is 0 Å². The van der Waals surface area contributed by atoms with Crippen molar-refractivity contribution in [1.29, 1.82) is 0 Å². The largest absolute Gasteiger partial charge is 0.511 e. The molecule has 9 heteroatoms. The molecule has 0 aromatic heterocycles. The molecule has 3 aliphatic rings. The van der Waals surface area contributed by atoms with Gasteiger partial charge >= 0.3 is 0 Å². The average Bonchev–Trinajstić information content (AvgIpc) is 2.69. The maximum atomic E-state index is 13.5. The number of Topliss-reactive ketones (excluding diaryl/α,β-unsaturated/α-hetero) is 2. The van der Waals surface area contributed by atoms with Gasteiger partial charge in [0.1, 0.15) is 22.8 Å². The summed E-state index contributed by atoms with van der Waals surface area (Å²) < 4.78 is 5.37. The van der Waals surface area contributed by atoms with Gasteiger partial charge < -0.3 is 30.7 Å². The molecule has 0 heterocycles. The molecule has 0 saturated heterocycles. The number of amides is 1. The van der Waals surface area contributed by atoms with Crippen LogP contribution in [-0.4, -0.2) is 59.6 Å². The number of aliphatic hydroxyl groups is 3. The third kappa shape index (κ3) is 2.69. The SMILES string of the molecule is COc1ccc(N(C)C)c2c1C(=O)C1=C(O)C3(O)C(=O)C(C(N)=O)=C(O)CC3CC1C2. The van der Waals surface area contributed by atoms with E-state index in [1.807, 2.05) is 25.1 Å². The average molecular weight is 428 g/mol. The number of methoxy groups -OCH3 is 1. The number of allylic oxidation sites excluding steroid dienone is 2. The van der Waals surface area contributed by atoms with Crippen LogP contribution in [0.25, 0.3) is 0 Å². The van der Waals surface area contributed by atoms with Crippen molar-refractivity contribution in [2.45, 2.75) is 24.9 Å². The molecule has 1 amide bonds. The fraction of sp³-hybridized carbons (Fsp3) is 0.409. The van der Waals surface area contributed by atoms with Gasteiger partial charge in [-0.3, -0.25) is 14.4 Å². The van der Waals surface area contributed by atoms with E-state index in [0.29, 0.717) is 12.2 Å². The van der Waals surface area contributed by atoms with Crippen LogP contribution in [0.2, 0.25) is 0 Å². The van der Waals surface area contributed by atoms with E-state index < -0.39 is 52.0 Å². The molecule has 0 bridgehead atoms. The highest BCUT2D eigenvalue weighted by atomic mass is 16.5. The molecule has 0 saturated carbocycles. The first kappa shape index (κ1) is 20.9. The zero-order valence-electron chi connectivity index (χ0n) is 17.4. The van der Waals surface area contributed by atoms with Crippen molar-refractivity contribution in [1.82, 2.24) is 0 Å². The van der Waals surface area contributed by atoms with E-state index in [0.717, 1.165) is 11.3 Å². The number of anilines is 1. The van der Waals surface area contributed by atoms with E-state index in [9.17, 15) is 29.7 Å². The normalized spacial score (nSPS) is 27.5. The third-order valence-corrected chi connectivity index (χ3v) is 6.61. The molecule has 0 spiro atoms. The molecule has 0 radical (unpaired) electrons. The van der Waals surface area contributed by atoms with Gasteiger partial charge in [0, 0.05) is 37.7 Å². The summed E-state index contributed by atoms with van der Waals surface area (Å²) in [6, 6.07) is 3.50. The summed E-state index contributed by atoms with van der Waals surface area (Å²) in [4.78, 5) is 40.0. The second kappa shape index (κ2) is 6.84.